The van der Waals surface area contributed by atoms with Crippen molar-refractivity contribution in [1.29, 1.82) is 0 Å². The molecule has 205 valence electrons. The first-order valence-corrected chi connectivity index (χ1v) is 8.49. The normalized spacial score (nSPS) is 16.2. The molecule has 0 aromatic rings. The second kappa shape index (κ2) is 8.96. The van der Waals surface area contributed by atoms with E-state index in [9.17, 15) is 83.4 Å². The molecule has 0 saturated heterocycles. The minimum Gasteiger partial charge on any atom is -0.216 e. The van der Waals surface area contributed by atoms with E-state index >= 15 is 0 Å². The fourth-order valence-corrected chi connectivity index (χ4v) is 2.34. The zero-order valence-corrected chi connectivity index (χ0v) is 16.1. The van der Waals surface area contributed by atoms with Crippen LogP contribution < -0.4 is 0 Å². The molecule has 1 radical (unpaired) electrons. The molecule has 0 fully saturated rings. The maximum atomic E-state index is 13.6. The van der Waals surface area contributed by atoms with Crippen LogP contribution in [0.2, 0.25) is 0 Å². The zero-order valence-electron chi connectivity index (χ0n) is 16.1. The molecule has 0 saturated carbocycles. The molecule has 0 unspecified atom stereocenters. The van der Waals surface area contributed by atoms with Crippen molar-refractivity contribution in [3.8, 4) is 0 Å². The Labute approximate surface area is 177 Å². The molecule has 0 atom stereocenters. The van der Waals surface area contributed by atoms with Gasteiger partial charge in [0, 0.05) is 6.42 Å². The summed E-state index contributed by atoms with van der Waals surface area (Å²) in [6.07, 6.45) is -19.3. The molecule has 19 heteroatoms. The van der Waals surface area contributed by atoms with Crippen molar-refractivity contribution in [2.45, 2.75) is 86.2 Å². The van der Waals surface area contributed by atoms with Gasteiger partial charge in [0.2, 0.25) is 0 Å². The Morgan fingerprint density at radius 1 is 0.441 bits per heavy atom. The van der Waals surface area contributed by atoms with E-state index in [4.69, 9.17) is 0 Å². The van der Waals surface area contributed by atoms with Gasteiger partial charge in [-0.15, -0.1) is 0 Å². The summed E-state index contributed by atoms with van der Waals surface area (Å²) in [5.41, 5.74) is -8.71. The van der Waals surface area contributed by atoms with Crippen LogP contribution in [0.4, 0.5) is 83.4 Å². The van der Waals surface area contributed by atoms with Gasteiger partial charge in [0.05, 0.1) is 0 Å². The standard InChI is InChI=1S/C15H12F19/c1-2-3-4-5-6-7(16,17)9(19,20)11(23,24)13(27,28)12(25,26)10(21,22)8(18,14(29,30)31)15(32,33)34/h6H,2-5H2,1H3. The largest absolute Gasteiger partial charge is 0.438 e. The highest BCUT2D eigenvalue weighted by Crippen LogP contribution is 2.66. The third kappa shape index (κ3) is 4.48. The van der Waals surface area contributed by atoms with E-state index < -0.39 is 72.8 Å². The third-order valence-electron chi connectivity index (χ3n) is 4.42. The van der Waals surface area contributed by atoms with Crippen LogP contribution in [0.5, 0.6) is 0 Å². The van der Waals surface area contributed by atoms with Gasteiger partial charge < -0.3 is 0 Å². The first-order valence-electron chi connectivity index (χ1n) is 8.49. The molecule has 0 aromatic heterocycles. The number of alkyl halides is 19. The van der Waals surface area contributed by atoms with Gasteiger partial charge in [0.1, 0.15) is 0 Å². The summed E-state index contributed by atoms with van der Waals surface area (Å²) in [5, 5.41) is 0. The van der Waals surface area contributed by atoms with Crippen molar-refractivity contribution in [2.75, 3.05) is 0 Å². The lowest BCUT2D eigenvalue weighted by Gasteiger charge is -2.45. The molecular weight excluding hydrogens is 541 g/mol. The summed E-state index contributed by atoms with van der Waals surface area (Å²) in [6.45, 7) is 1.40. The van der Waals surface area contributed by atoms with Crippen LogP contribution in [0.15, 0.2) is 0 Å². The molecule has 0 nitrogen and oxygen atoms in total. The zero-order chi connectivity index (χ0) is 28.0. The van der Waals surface area contributed by atoms with Crippen LogP contribution in [-0.2, 0) is 0 Å². The second-order valence-corrected chi connectivity index (χ2v) is 6.85. The van der Waals surface area contributed by atoms with Crippen LogP contribution in [0, 0.1) is 6.42 Å². The highest BCUT2D eigenvalue weighted by atomic mass is 19.4. The van der Waals surface area contributed by atoms with Gasteiger partial charge in [-0.1, -0.05) is 26.2 Å². The van der Waals surface area contributed by atoms with E-state index in [-0.39, 0.29) is 12.8 Å². The molecule has 0 N–H and O–H groups in total. The van der Waals surface area contributed by atoms with E-state index in [0.717, 1.165) is 0 Å². The van der Waals surface area contributed by atoms with Gasteiger partial charge in [-0.25, -0.2) is 4.39 Å². The summed E-state index contributed by atoms with van der Waals surface area (Å²) in [6, 6.07) is 0. The Morgan fingerprint density at radius 2 is 0.765 bits per heavy atom. The van der Waals surface area contributed by atoms with Gasteiger partial charge in [-0.3, -0.25) is 0 Å². The first-order chi connectivity index (χ1) is 14.6. The quantitative estimate of drug-likeness (QED) is 0.178. The highest BCUT2D eigenvalue weighted by molar-refractivity contribution is 5.19. The molecule has 0 heterocycles. The van der Waals surface area contributed by atoms with Gasteiger partial charge in [0.15, 0.2) is 0 Å². The maximum Gasteiger partial charge on any atom is 0.438 e. The molecular formula is C15H12F19. The predicted molar refractivity (Wildman–Crippen MR) is 74.1 cm³/mol. The summed E-state index contributed by atoms with van der Waals surface area (Å²) in [5.74, 6) is -49.5. The lowest BCUT2D eigenvalue weighted by atomic mass is 9.83. The molecule has 34 heavy (non-hydrogen) atoms. The number of rotatable bonds is 11. The second-order valence-electron chi connectivity index (χ2n) is 6.85. The topological polar surface area (TPSA) is 0 Å². The Morgan fingerprint density at radius 3 is 1.09 bits per heavy atom. The SMILES string of the molecule is CCCCC[CH]C(F)(F)C(F)(F)C(F)(F)C(F)(F)C(F)(F)C(F)(F)C(F)(C(F)(F)F)C(F)(F)F. The number of halogens is 19. The minimum absolute atomic E-state index is 0.0531. The molecule has 0 aromatic carbocycles. The summed E-state index contributed by atoms with van der Waals surface area (Å²) < 4.78 is 249. The molecule has 0 spiro atoms. The Balaban J connectivity index is 6.76. The van der Waals surface area contributed by atoms with Crippen molar-refractivity contribution in [2.24, 2.45) is 0 Å². The smallest absolute Gasteiger partial charge is 0.216 e. The molecule has 0 rings (SSSR count). The summed E-state index contributed by atoms with van der Waals surface area (Å²) in [7, 11) is 0. The van der Waals surface area contributed by atoms with Crippen molar-refractivity contribution in [1.82, 2.24) is 0 Å². The van der Waals surface area contributed by atoms with Crippen LogP contribution in [-0.4, -0.2) is 53.6 Å². The van der Waals surface area contributed by atoms with Crippen LogP contribution in [0.25, 0.3) is 0 Å². The van der Waals surface area contributed by atoms with Crippen molar-refractivity contribution < 1.29 is 83.4 Å². The van der Waals surface area contributed by atoms with E-state index in [1.807, 2.05) is 0 Å². The minimum atomic E-state index is -8.97. The van der Waals surface area contributed by atoms with Crippen molar-refractivity contribution in [3.05, 3.63) is 6.42 Å². The molecule has 0 aliphatic carbocycles. The van der Waals surface area contributed by atoms with Crippen LogP contribution in [0.3, 0.4) is 0 Å². The number of unbranched alkanes of at least 4 members (excludes halogenated alkanes) is 3. The lowest BCUT2D eigenvalue weighted by molar-refractivity contribution is -0.471. The lowest BCUT2D eigenvalue weighted by Crippen LogP contribution is -2.77. The monoisotopic (exact) mass is 553 g/mol. The van der Waals surface area contributed by atoms with Crippen molar-refractivity contribution >= 4 is 0 Å². The number of hydrogen-bond donors (Lipinski definition) is 0. The van der Waals surface area contributed by atoms with Gasteiger partial charge >= 0.3 is 53.6 Å². The average molecular weight is 553 g/mol. The van der Waals surface area contributed by atoms with Crippen LogP contribution in [0.1, 0.15) is 32.6 Å². The van der Waals surface area contributed by atoms with E-state index in [1.165, 1.54) is 6.92 Å². The highest BCUT2D eigenvalue weighted by Gasteiger charge is 2.98. The first kappa shape index (κ1) is 32.7. The predicted octanol–water partition coefficient (Wildman–Crippen LogP) is 8.42. The van der Waals surface area contributed by atoms with E-state index in [1.54, 1.807) is 0 Å². The maximum absolute atomic E-state index is 13.6. The van der Waals surface area contributed by atoms with E-state index in [0.29, 0.717) is 0 Å². The van der Waals surface area contributed by atoms with Crippen molar-refractivity contribution in [3.63, 3.8) is 0 Å². The fourth-order valence-electron chi connectivity index (χ4n) is 2.34. The molecule has 0 aliphatic rings. The Hall–Kier alpha value is -1.33. The van der Waals surface area contributed by atoms with Gasteiger partial charge in [-0.05, 0) is 6.42 Å². The van der Waals surface area contributed by atoms with Crippen LogP contribution >= 0.6 is 0 Å². The summed E-state index contributed by atoms with van der Waals surface area (Å²) in [4.78, 5) is 0. The fraction of sp³-hybridized carbons (Fsp3) is 0.933. The Bertz CT molecular complexity index is 669. The van der Waals surface area contributed by atoms with Gasteiger partial charge in [-0.2, -0.15) is 79.0 Å². The summed E-state index contributed by atoms with van der Waals surface area (Å²) >= 11 is 0. The van der Waals surface area contributed by atoms with E-state index in [2.05, 4.69) is 0 Å². The molecule has 0 amide bonds. The molecule has 0 bridgehead atoms. The number of hydrogen-bond acceptors (Lipinski definition) is 0. The van der Waals surface area contributed by atoms with Gasteiger partial charge in [0.25, 0.3) is 0 Å². The average Bonchev–Trinajstić information content (AvgIpc) is 2.61. The molecule has 0 aliphatic heterocycles. The third-order valence-corrected chi connectivity index (χ3v) is 4.42. The Kier molecular flexibility index (Phi) is 8.61.